The summed E-state index contributed by atoms with van der Waals surface area (Å²) >= 11 is 0. The predicted molar refractivity (Wildman–Crippen MR) is 60.8 cm³/mol. The fourth-order valence-electron chi connectivity index (χ4n) is 1.83. The average molecular weight is 212 g/mol. The van der Waals surface area contributed by atoms with Gasteiger partial charge in [0.2, 0.25) is 0 Å². The Kier molecular flexibility index (Phi) is 3.74. The largest absolute Gasteiger partial charge is 0.508 e. The highest BCUT2D eigenvalue weighted by atomic mass is 16.3. The zero-order chi connectivity index (χ0) is 11.6. The highest BCUT2D eigenvalue weighted by Gasteiger charge is 2.31. The van der Waals surface area contributed by atoms with Crippen molar-refractivity contribution >= 4 is 5.84 Å². The molecule has 86 valence electrons. The van der Waals surface area contributed by atoms with Gasteiger partial charge >= 0.3 is 0 Å². The zero-order valence-corrected chi connectivity index (χ0v) is 9.81. The van der Waals surface area contributed by atoms with Gasteiger partial charge in [0.05, 0.1) is 0 Å². The number of amidine groups is 1. The van der Waals surface area contributed by atoms with E-state index in [0.717, 1.165) is 12.4 Å². The quantitative estimate of drug-likeness (QED) is 0.727. The third-order valence-corrected chi connectivity index (χ3v) is 2.56. The van der Waals surface area contributed by atoms with Gasteiger partial charge in [-0.05, 0) is 5.92 Å². The van der Waals surface area contributed by atoms with Crippen LogP contribution in [0.2, 0.25) is 0 Å². The van der Waals surface area contributed by atoms with Crippen LogP contribution in [-0.4, -0.2) is 40.6 Å². The van der Waals surface area contributed by atoms with Crippen LogP contribution in [-0.2, 0) is 0 Å². The second-order valence-corrected chi connectivity index (χ2v) is 4.42. The van der Waals surface area contributed by atoms with Gasteiger partial charge in [-0.3, -0.25) is 4.99 Å². The van der Waals surface area contributed by atoms with Crippen molar-refractivity contribution in [2.75, 3.05) is 13.6 Å². The van der Waals surface area contributed by atoms with E-state index in [-0.39, 0.29) is 11.7 Å². The van der Waals surface area contributed by atoms with Crippen molar-refractivity contribution < 1.29 is 10.2 Å². The fraction of sp³-hybridized carbons (Fsp3) is 0.727. The number of nitrogens with zero attached hydrogens (tertiary/aromatic N) is 2. The molecule has 0 amide bonds. The van der Waals surface area contributed by atoms with Crippen molar-refractivity contribution in [3.05, 3.63) is 12.0 Å². The Morgan fingerprint density at radius 1 is 1.53 bits per heavy atom. The van der Waals surface area contributed by atoms with E-state index in [2.05, 4.69) is 18.8 Å². The van der Waals surface area contributed by atoms with Crippen molar-refractivity contribution in [2.24, 2.45) is 16.8 Å². The van der Waals surface area contributed by atoms with Crippen LogP contribution >= 0.6 is 0 Å². The summed E-state index contributed by atoms with van der Waals surface area (Å²) in [5.41, 5.74) is 0. The van der Waals surface area contributed by atoms with E-state index in [0.29, 0.717) is 5.92 Å². The van der Waals surface area contributed by atoms with Crippen LogP contribution in [0.3, 0.4) is 0 Å². The summed E-state index contributed by atoms with van der Waals surface area (Å²) in [5, 5.41) is 19.2. The Bertz CT molecular complexity index is 284. The number of aliphatic hydroxyl groups excluding tert-OH is 2. The molecule has 2 unspecified atom stereocenters. The molecule has 0 saturated heterocycles. The molecular weight excluding hydrogens is 192 g/mol. The highest BCUT2D eigenvalue weighted by Crippen LogP contribution is 2.22. The van der Waals surface area contributed by atoms with Crippen LogP contribution in [0.1, 0.15) is 20.8 Å². The Morgan fingerprint density at radius 2 is 2.13 bits per heavy atom. The van der Waals surface area contributed by atoms with Gasteiger partial charge in [-0.2, -0.15) is 0 Å². The molecule has 0 bridgehead atoms. The molecule has 2 atom stereocenters. The molecule has 1 heterocycles. The molecule has 15 heavy (non-hydrogen) atoms. The molecule has 0 radical (unpaired) electrons. The molecule has 0 fully saturated rings. The summed E-state index contributed by atoms with van der Waals surface area (Å²) in [6.45, 7) is 6.87. The second kappa shape index (κ2) is 4.66. The minimum absolute atomic E-state index is 0.0237. The van der Waals surface area contributed by atoms with Crippen molar-refractivity contribution in [1.82, 2.24) is 4.90 Å². The first-order valence-corrected chi connectivity index (χ1v) is 5.29. The third kappa shape index (κ3) is 2.50. The third-order valence-electron chi connectivity index (χ3n) is 2.56. The maximum Gasteiger partial charge on any atom is 0.138 e. The summed E-state index contributed by atoms with van der Waals surface area (Å²) < 4.78 is 0. The molecule has 0 aliphatic carbocycles. The molecule has 0 aromatic carbocycles. The number of hydrogen-bond acceptors (Lipinski definition) is 3. The number of hydrogen-bond donors (Lipinski definition) is 2. The summed E-state index contributed by atoms with van der Waals surface area (Å²) in [5.74, 6) is 1.18. The first-order valence-electron chi connectivity index (χ1n) is 5.29. The van der Waals surface area contributed by atoms with E-state index < -0.39 is 6.10 Å². The summed E-state index contributed by atoms with van der Waals surface area (Å²) in [6, 6.07) is 0. The lowest BCUT2D eigenvalue weighted by atomic mass is 9.97. The molecule has 1 aliphatic rings. The average Bonchev–Trinajstić information content (AvgIpc) is 2.14. The lowest BCUT2D eigenvalue weighted by Gasteiger charge is -2.34. The topological polar surface area (TPSA) is 56.1 Å². The normalized spacial score (nSPS) is 29.9. The van der Waals surface area contributed by atoms with E-state index in [1.807, 2.05) is 11.8 Å². The van der Waals surface area contributed by atoms with Crippen molar-refractivity contribution in [3.8, 4) is 0 Å². The summed E-state index contributed by atoms with van der Waals surface area (Å²) in [6.07, 6.45) is 0.750. The van der Waals surface area contributed by atoms with Gasteiger partial charge in [-0.25, -0.2) is 0 Å². The van der Waals surface area contributed by atoms with Crippen molar-refractivity contribution in [3.63, 3.8) is 0 Å². The van der Waals surface area contributed by atoms with E-state index >= 15 is 0 Å². The molecule has 0 spiro atoms. The SMILES string of the molecule is C/N=C1/C(C)C(O)C(O)=CN1CC(C)C. The van der Waals surface area contributed by atoms with E-state index in [1.165, 1.54) is 0 Å². The lowest BCUT2D eigenvalue weighted by Crippen LogP contribution is -2.44. The van der Waals surface area contributed by atoms with E-state index in [9.17, 15) is 10.2 Å². The molecule has 1 rings (SSSR count). The predicted octanol–water partition coefficient (Wildman–Crippen LogP) is 1.38. The Labute approximate surface area is 90.9 Å². The van der Waals surface area contributed by atoms with Gasteiger partial charge in [0.15, 0.2) is 0 Å². The number of aliphatic imine (C=N–C) groups is 1. The first-order chi connectivity index (χ1) is 6.97. The van der Waals surface area contributed by atoms with Gasteiger partial charge in [0.25, 0.3) is 0 Å². The van der Waals surface area contributed by atoms with Crippen molar-refractivity contribution in [1.29, 1.82) is 0 Å². The zero-order valence-electron chi connectivity index (χ0n) is 9.81. The first kappa shape index (κ1) is 12.0. The molecule has 2 N–H and O–H groups in total. The summed E-state index contributed by atoms with van der Waals surface area (Å²) in [7, 11) is 1.71. The van der Waals surface area contributed by atoms with E-state index in [1.54, 1.807) is 13.2 Å². The number of rotatable bonds is 2. The van der Waals surface area contributed by atoms with Gasteiger partial charge in [0, 0.05) is 25.7 Å². The van der Waals surface area contributed by atoms with Crippen LogP contribution in [0, 0.1) is 11.8 Å². The number of aliphatic hydroxyl groups is 2. The van der Waals surface area contributed by atoms with Crippen LogP contribution in [0.4, 0.5) is 0 Å². The van der Waals surface area contributed by atoms with Crippen molar-refractivity contribution in [2.45, 2.75) is 26.9 Å². The minimum Gasteiger partial charge on any atom is -0.508 e. The maximum absolute atomic E-state index is 9.67. The smallest absolute Gasteiger partial charge is 0.138 e. The molecule has 1 aliphatic heterocycles. The second-order valence-electron chi connectivity index (χ2n) is 4.42. The fourth-order valence-corrected chi connectivity index (χ4v) is 1.83. The minimum atomic E-state index is -0.827. The Morgan fingerprint density at radius 3 is 2.60 bits per heavy atom. The van der Waals surface area contributed by atoms with Gasteiger partial charge in [0.1, 0.15) is 17.7 Å². The van der Waals surface area contributed by atoms with Crippen LogP contribution in [0.25, 0.3) is 0 Å². The lowest BCUT2D eigenvalue weighted by molar-refractivity contribution is 0.111. The Balaban J connectivity index is 2.94. The molecule has 4 heteroatoms. The standard InChI is InChI=1S/C11H20N2O2/c1-7(2)5-13-6-9(14)10(15)8(3)11(13)12-4/h6-8,10,14-15H,5H2,1-4H3/b12-11-. The summed E-state index contributed by atoms with van der Waals surface area (Å²) in [4.78, 5) is 6.09. The maximum atomic E-state index is 9.67. The molecule has 0 aromatic heterocycles. The molecule has 0 saturated carbocycles. The molecular formula is C11H20N2O2. The molecule has 4 nitrogen and oxygen atoms in total. The highest BCUT2D eigenvalue weighted by molar-refractivity contribution is 5.87. The van der Waals surface area contributed by atoms with Crippen LogP contribution < -0.4 is 0 Å². The van der Waals surface area contributed by atoms with Gasteiger partial charge < -0.3 is 15.1 Å². The molecule has 0 aromatic rings. The van der Waals surface area contributed by atoms with Crippen LogP contribution in [0.5, 0.6) is 0 Å². The van der Waals surface area contributed by atoms with E-state index in [4.69, 9.17) is 0 Å². The van der Waals surface area contributed by atoms with Gasteiger partial charge in [-0.1, -0.05) is 20.8 Å². The Hall–Kier alpha value is -1.03. The van der Waals surface area contributed by atoms with Gasteiger partial charge in [-0.15, -0.1) is 0 Å². The van der Waals surface area contributed by atoms with Crippen LogP contribution in [0.15, 0.2) is 17.0 Å². The monoisotopic (exact) mass is 212 g/mol.